The second-order valence-corrected chi connectivity index (χ2v) is 13.7. The molecule has 0 fully saturated rings. The molecule has 2 atom stereocenters. The van der Waals surface area contributed by atoms with Crippen LogP contribution in [0.2, 0.25) is 0 Å². The molecule has 3 heterocycles. The Balaban J connectivity index is 1.78. The molecule has 2 aliphatic rings. The van der Waals surface area contributed by atoms with Gasteiger partial charge < -0.3 is 9.84 Å². The molecule has 7 nitrogen and oxygen atoms in total. The molecule has 2 aromatic rings. The molecule has 2 unspecified atom stereocenters. The van der Waals surface area contributed by atoms with E-state index in [9.17, 15) is 27.9 Å². The maximum atomic E-state index is 13.9. The second kappa shape index (κ2) is 12.2. The fourth-order valence-corrected chi connectivity index (χ4v) is 7.64. The number of Topliss-reactive ketones (excluding diaryl/α,β-unsaturated/α-hetero) is 1. The van der Waals surface area contributed by atoms with Crippen LogP contribution in [0.25, 0.3) is 0 Å². The Labute approximate surface area is 253 Å². The van der Waals surface area contributed by atoms with Gasteiger partial charge in [0.15, 0.2) is 5.78 Å². The number of aliphatic carboxylic acids is 1. The number of alkyl halides is 3. The lowest BCUT2D eigenvalue weighted by atomic mass is 9.80. The third-order valence-electron chi connectivity index (χ3n) is 7.35. The molecule has 0 bridgehead atoms. The predicted octanol–water partition coefficient (Wildman–Crippen LogP) is 7.24. The van der Waals surface area contributed by atoms with Crippen molar-refractivity contribution in [3.63, 3.8) is 0 Å². The first kappa shape index (κ1) is 31.7. The molecule has 0 saturated carbocycles. The SMILES string of the molecule is Cc1cc(C(C)C2C3=IN=C(OCc4cccc(C(F)(F)F)n4)C=C3C(C(=O)C(C)(C)C)=C2CCC(=O)O)cnc1C. The first-order valence-corrected chi connectivity index (χ1v) is 15.5. The molecule has 1 aliphatic carbocycles. The minimum Gasteiger partial charge on any atom is -0.481 e. The third-order valence-corrected chi connectivity index (χ3v) is 9.84. The van der Waals surface area contributed by atoms with Crippen molar-refractivity contribution in [3.05, 3.63) is 81.5 Å². The number of carboxylic acids is 1. The molecule has 224 valence electrons. The van der Waals surface area contributed by atoms with Crippen LogP contribution < -0.4 is 0 Å². The van der Waals surface area contributed by atoms with E-state index in [4.69, 9.17) is 4.74 Å². The number of hydrogen-bond donors (Lipinski definition) is 1. The topological polar surface area (TPSA) is 102 Å². The van der Waals surface area contributed by atoms with E-state index in [1.165, 1.54) is 12.1 Å². The van der Waals surface area contributed by atoms with Crippen molar-refractivity contribution in [1.29, 1.82) is 0 Å². The van der Waals surface area contributed by atoms with E-state index in [2.05, 4.69) is 26.2 Å². The van der Waals surface area contributed by atoms with Gasteiger partial charge in [0.1, 0.15) is 12.3 Å². The molecule has 0 aromatic carbocycles. The maximum absolute atomic E-state index is 13.9. The summed E-state index contributed by atoms with van der Waals surface area (Å²) in [5.74, 6) is -1.18. The van der Waals surface area contributed by atoms with Crippen molar-refractivity contribution < 1.29 is 32.6 Å². The summed E-state index contributed by atoms with van der Waals surface area (Å²) in [7, 11) is 0. The molecule has 42 heavy (non-hydrogen) atoms. The van der Waals surface area contributed by atoms with E-state index in [0.29, 0.717) is 11.1 Å². The van der Waals surface area contributed by atoms with Gasteiger partial charge in [-0.2, -0.15) is 16.4 Å². The summed E-state index contributed by atoms with van der Waals surface area (Å²) < 4.78 is 50.9. The molecule has 1 N–H and O–H groups in total. The summed E-state index contributed by atoms with van der Waals surface area (Å²) in [5, 5.41) is 9.56. The summed E-state index contributed by atoms with van der Waals surface area (Å²) >= 11 is -1.05. The van der Waals surface area contributed by atoms with Crippen LogP contribution in [0.15, 0.2) is 56.5 Å². The van der Waals surface area contributed by atoms with Crippen LogP contribution in [0, 0.1) is 25.2 Å². The zero-order chi connectivity index (χ0) is 31.0. The van der Waals surface area contributed by atoms with Gasteiger partial charge in [-0.25, -0.2) is 4.98 Å². The molecule has 1 aliphatic heterocycles. The van der Waals surface area contributed by atoms with E-state index in [0.717, 1.165) is 32.0 Å². The highest BCUT2D eigenvalue weighted by Gasteiger charge is 2.44. The van der Waals surface area contributed by atoms with Crippen LogP contribution in [0.4, 0.5) is 13.2 Å². The minimum atomic E-state index is -4.57. The fraction of sp³-hybridized carbons (Fsp3) is 0.419. The number of carboxylic acid groups (broad SMARTS) is 1. The summed E-state index contributed by atoms with van der Waals surface area (Å²) in [6.07, 6.45) is -0.993. The lowest BCUT2D eigenvalue weighted by molar-refractivity contribution is -0.141. The Morgan fingerprint density at radius 3 is 2.50 bits per heavy atom. The Kier molecular flexibility index (Phi) is 9.19. The first-order valence-electron chi connectivity index (χ1n) is 13.5. The summed E-state index contributed by atoms with van der Waals surface area (Å²) in [5.41, 5.74) is 3.26. The Morgan fingerprint density at radius 2 is 1.88 bits per heavy atom. The zero-order valence-corrected chi connectivity index (χ0v) is 26.4. The van der Waals surface area contributed by atoms with E-state index in [1.54, 1.807) is 6.08 Å². The maximum Gasteiger partial charge on any atom is 0.433 e. The number of nitrogens with zero attached hydrogens (tertiary/aromatic N) is 3. The van der Waals surface area contributed by atoms with E-state index < -0.39 is 44.3 Å². The van der Waals surface area contributed by atoms with Gasteiger partial charge in [0.2, 0.25) is 5.90 Å². The number of hydrogen-bond acceptors (Lipinski definition) is 6. The number of carbonyl (C=O) groups is 2. The molecule has 0 radical (unpaired) electrons. The highest BCUT2D eigenvalue weighted by atomic mass is 127. The zero-order valence-electron chi connectivity index (χ0n) is 24.3. The van der Waals surface area contributed by atoms with Crippen LogP contribution in [0.3, 0.4) is 0 Å². The number of ether oxygens (including phenoxy) is 1. The van der Waals surface area contributed by atoms with Crippen LogP contribution in [0.5, 0.6) is 0 Å². The average Bonchev–Trinajstić information content (AvgIpc) is 3.23. The number of aryl methyl sites for hydroxylation is 2. The first-order chi connectivity index (χ1) is 19.6. The van der Waals surface area contributed by atoms with Crippen molar-refractivity contribution in [2.24, 2.45) is 14.5 Å². The normalized spacial score (nSPS) is 17.9. The summed E-state index contributed by atoms with van der Waals surface area (Å²) in [4.78, 5) is 33.8. The van der Waals surface area contributed by atoms with E-state index >= 15 is 0 Å². The number of aromatic nitrogens is 2. The number of allylic oxidation sites excluding steroid dienone is 3. The lowest BCUT2D eigenvalue weighted by Gasteiger charge is -2.25. The smallest absolute Gasteiger partial charge is 0.433 e. The number of carbonyl (C=O) groups excluding carboxylic acids is 1. The number of halogens is 4. The molecular formula is C31H33F3IN3O4. The quantitative estimate of drug-likeness (QED) is 0.293. The Hall–Kier alpha value is -3.22. The van der Waals surface area contributed by atoms with E-state index in [1.807, 2.05) is 40.8 Å². The number of fused-ring (bicyclic) bond motifs is 1. The molecule has 2 aromatic heterocycles. The third kappa shape index (κ3) is 6.87. The van der Waals surface area contributed by atoms with Gasteiger partial charge in [0, 0.05) is 71.4 Å². The molecule has 0 spiro atoms. The summed E-state index contributed by atoms with van der Waals surface area (Å²) in [6, 6.07) is 5.70. The van der Waals surface area contributed by atoms with Crippen LogP contribution in [0.1, 0.15) is 74.7 Å². The fourth-order valence-electron chi connectivity index (χ4n) is 4.97. The van der Waals surface area contributed by atoms with Crippen molar-refractivity contribution in [1.82, 2.24) is 9.97 Å². The van der Waals surface area contributed by atoms with Gasteiger partial charge in [0.05, 0.1) is 5.69 Å². The lowest BCUT2D eigenvalue weighted by Crippen LogP contribution is -2.24. The number of rotatable bonds is 8. The van der Waals surface area contributed by atoms with Crippen LogP contribution in [-0.2, 0) is 27.1 Å². The largest absolute Gasteiger partial charge is 0.481 e. The van der Waals surface area contributed by atoms with Gasteiger partial charge in [-0.1, -0.05) is 39.8 Å². The average molecular weight is 696 g/mol. The van der Waals surface area contributed by atoms with Crippen LogP contribution in [-0.4, -0.2) is 36.2 Å². The predicted molar refractivity (Wildman–Crippen MR) is 163 cm³/mol. The highest BCUT2D eigenvalue weighted by Crippen LogP contribution is 2.49. The molecule has 4 rings (SSSR count). The van der Waals surface area contributed by atoms with Gasteiger partial charge in [-0.05, 0) is 55.0 Å². The van der Waals surface area contributed by atoms with Crippen molar-refractivity contribution >= 4 is 42.2 Å². The van der Waals surface area contributed by atoms with Gasteiger partial charge in [-0.15, -0.1) is 0 Å². The standard InChI is InChI=1S/C31H33F3IN3O4/c1-16-12-19(14-36-18(16)3)17(2)26-21(10-11-25(39)40)27(29(41)30(4,5)6)22-13-24(38-35-28(22)26)42-15-20-8-7-9-23(37-20)31(32,33)34/h7-9,12-14,17,26H,10-11,15H2,1-6H3,(H,39,40). The molecule has 0 amide bonds. The number of pyridine rings is 2. The van der Waals surface area contributed by atoms with Gasteiger partial charge in [-0.3, -0.25) is 14.6 Å². The molecule has 0 saturated heterocycles. The van der Waals surface area contributed by atoms with E-state index in [-0.39, 0.29) is 48.7 Å². The highest BCUT2D eigenvalue weighted by molar-refractivity contribution is 14.2. The summed E-state index contributed by atoms with van der Waals surface area (Å²) in [6.45, 7) is 11.2. The Bertz CT molecular complexity index is 1550. The Morgan fingerprint density at radius 1 is 1.17 bits per heavy atom. The van der Waals surface area contributed by atoms with Crippen molar-refractivity contribution in [2.45, 2.75) is 73.1 Å². The molecular weight excluding hydrogens is 662 g/mol. The second-order valence-electron chi connectivity index (χ2n) is 11.5. The van der Waals surface area contributed by atoms with Gasteiger partial charge >= 0.3 is 12.1 Å². The monoisotopic (exact) mass is 695 g/mol. The van der Waals surface area contributed by atoms with Gasteiger partial charge in [0.25, 0.3) is 0 Å². The van der Waals surface area contributed by atoms with Crippen LogP contribution >= 0.6 is 21.0 Å². The minimum absolute atomic E-state index is 0.0998. The molecule has 11 heteroatoms. The van der Waals surface area contributed by atoms with Crippen molar-refractivity contribution in [2.75, 3.05) is 0 Å². The number of ketones is 1. The van der Waals surface area contributed by atoms with Crippen molar-refractivity contribution in [3.8, 4) is 0 Å².